The molecule has 10 heteroatoms. The molecule has 7 nitrogen and oxygen atoms in total. The lowest BCUT2D eigenvalue weighted by Crippen LogP contribution is -2.35. The number of hydrogen-bond donors (Lipinski definition) is 1. The van der Waals surface area contributed by atoms with Gasteiger partial charge in [0.05, 0.1) is 0 Å². The van der Waals surface area contributed by atoms with Crippen molar-refractivity contribution in [3.05, 3.63) is 45.9 Å². The predicted molar refractivity (Wildman–Crippen MR) is 80.9 cm³/mol. The molecule has 1 amide bonds. The maximum atomic E-state index is 12.7. The third-order valence-corrected chi connectivity index (χ3v) is 4.13. The van der Waals surface area contributed by atoms with Crippen LogP contribution < -0.4 is 10.9 Å². The highest BCUT2D eigenvalue weighted by Gasteiger charge is 2.35. The molecule has 0 saturated carbocycles. The lowest BCUT2D eigenvalue weighted by atomic mass is 9.99. The van der Waals surface area contributed by atoms with E-state index >= 15 is 0 Å². The average molecular weight is 355 g/mol. The van der Waals surface area contributed by atoms with Gasteiger partial charge in [0, 0.05) is 38.8 Å². The van der Waals surface area contributed by atoms with Gasteiger partial charge in [-0.3, -0.25) is 9.59 Å². The van der Waals surface area contributed by atoms with Crippen LogP contribution in [0.5, 0.6) is 0 Å². The lowest BCUT2D eigenvalue weighted by molar-refractivity contribution is -0.141. The molecular weight excluding hydrogens is 339 g/mol. The number of fused-ring (bicyclic) bond motifs is 1. The number of aryl methyl sites for hydroxylation is 2. The first-order valence-corrected chi connectivity index (χ1v) is 7.70. The van der Waals surface area contributed by atoms with Crippen LogP contribution in [0, 0.1) is 5.92 Å². The number of alkyl halides is 3. The molecule has 2 aromatic rings. The van der Waals surface area contributed by atoms with E-state index in [1.54, 1.807) is 0 Å². The number of carbonyl (C=O) groups is 1. The van der Waals surface area contributed by atoms with Crippen LogP contribution >= 0.6 is 0 Å². The van der Waals surface area contributed by atoms with Gasteiger partial charge in [-0.1, -0.05) is 0 Å². The molecule has 1 unspecified atom stereocenters. The zero-order chi connectivity index (χ0) is 18.2. The van der Waals surface area contributed by atoms with Crippen LogP contribution in [0.3, 0.4) is 0 Å². The van der Waals surface area contributed by atoms with Crippen LogP contribution in [0.1, 0.15) is 28.4 Å². The molecule has 0 bridgehead atoms. The summed E-state index contributed by atoms with van der Waals surface area (Å²) in [5.41, 5.74) is -1.10. The molecule has 0 aliphatic carbocycles. The Bertz CT molecular complexity index is 856. The Labute approximate surface area is 140 Å². The van der Waals surface area contributed by atoms with Crippen LogP contribution in [0.15, 0.2) is 23.1 Å². The first-order valence-electron chi connectivity index (χ1n) is 7.70. The normalized spacial score (nSPS) is 17.2. The molecule has 1 aliphatic heterocycles. The third kappa shape index (κ3) is 3.72. The highest BCUT2D eigenvalue weighted by atomic mass is 19.4. The van der Waals surface area contributed by atoms with Gasteiger partial charge in [0.1, 0.15) is 11.5 Å². The molecule has 0 spiro atoms. The van der Waals surface area contributed by atoms with Gasteiger partial charge in [0.25, 0.3) is 11.5 Å². The van der Waals surface area contributed by atoms with Gasteiger partial charge in [-0.2, -0.15) is 18.3 Å². The fourth-order valence-electron chi connectivity index (χ4n) is 2.77. The van der Waals surface area contributed by atoms with E-state index in [1.165, 1.54) is 23.7 Å². The van der Waals surface area contributed by atoms with Gasteiger partial charge >= 0.3 is 6.18 Å². The van der Waals surface area contributed by atoms with E-state index in [4.69, 9.17) is 0 Å². The fourth-order valence-corrected chi connectivity index (χ4v) is 2.77. The van der Waals surface area contributed by atoms with Gasteiger partial charge in [-0.25, -0.2) is 9.67 Å². The Hall–Kier alpha value is -2.65. The molecule has 25 heavy (non-hydrogen) atoms. The monoisotopic (exact) mass is 355 g/mol. The van der Waals surface area contributed by atoms with Gasteiger partial charge in [0.2, 0.25) is 0 Å². The Morgan fingerprint density at radius 3 is 2.84 bits per heavy atom. The summed E-state index contributed by atoms with van der Waals surface area (Å²) in [6, 6.07) is 2.58. The van der Waals surface area contributed by atoms with Crippen molar-refractivity contribution in [1.82, 2.24) is 24.6 Å². The van der Waals surface area contributed by atoms with E-state index in [9.17, 15) is 22.8 Å². The topological polar surface area (TPSA) is 81.8 Å². The number of amides is 1. The number of nitrogens with one attached hydrogen (secondary N) is 1. The molecule has 1 atom stereocenters. The highest BCUT2D eigenvalue weighted by Crippen LogP contribution is 2.30. The molecule has 3 rings (SSSR count). The van der Waals surface area contributed by atoms with Crippen LogP contribution in [-0.2, 0) is 26.2 Å². The van der Waals surface area contributed by atoms with Crippen molar-refractivity contribution in [1.29, 1.82) is 0 Å². The number of hydrogen-bond acceptors (Lipinski definition) is 4. The minimum absolute atomic E-state index is 0.000680. The third-order valence-electron chi connectivity index (χ3n) is 4.13. The predicted octanol–water partition coefficient (Wildman–Crippen LogP) is 0.988. The second-order valence-corrected chi connectivity index (χ2v) is 5.99. The van der Waals surface area contributed by atoms with Crippen molar-refractivity contribution in [3.63, 3.8) is 0 Å². The summed E-state index contributed by atoms with van der Waals surface area (Å²) in [7, 11) is 1.44. The second kappa shape index (κ2) is 6.34. The first-order chi connectivity index (χ1) is 11.7. The van der Waals surface area contributed by atoms with Crippen molar-refractivity contribution in [2.45, 2.75) is 25.6 Å². The summed E-state index contributed by atoms with van der Waals surface area (Å²) < 4.78 is 40.7. The molecule has 3 heterocycles. The van der Waals surface area contributed by atoms with E-state index in [-0.39, 0.29) is 17.2 Å². The SMILES string of the molecule is Cn1nc(C(=O)NCC2CCc3nc(C(F)(F)F)cn3C2)ccc1=O. The molecule has 0 fully saturated rings. The molecule has 134 valence electrons. The number of rotatable bonds is 3. The molecule has 0 aromatic carbocycles. The number of nitrogens with zero attached hydrogens (tertiary/aromatic N) is 4. The largest absolute Gasteiger partial charge is 0.434 e. The van der Waals surface area contributed by atoms with E-state index in [0.717, 1.165) is 10.9 Å². The van der Waals surface area contributed by atoms with Gasteiger partial charge < -0.3 is 9.88 Å². The number of aromatic nitrogens is 4. The zero-order valence-corrected chi connectivity index (χ0v) is 13.4. The van der Waals surface area contributed by atoms with E-state index < -0.39 is 17.8 Å². The van der Waals surface area contributed by atoms with Gasteiger partial charge in [-0.15, -0.1) is 0 Å². The summed E-state index contributed by atoms with van der Waals surface area (Å²) in [6.45, 7) is 0.668. The maximum Gasteiger partial charge on any atom is 0.434 e. The van der Waals surface area contributed by atoms with Crippen LogP contribution in [0.4, 0.5) is 13.2 Å². The zero-order valence-electron chi connectivity index (χ0n) is 13.4. The molecule has 0 saturated heterocycles. The second-order valence-electron chi connectivity index (χ2n) is 5.99. The molecule has 1 aliphatic rings. The quantitative estimate of drug-likeness (QED) is 0.890. The maximum absolute atomic E-state index is 12.7. The van der Waals surface area contributed by atoms with Crippen molar-refractivity contribution in [2.24, 2.45) is 13.0 Å². The number of carbonyl (C=O) groups excluding carboxylic acids is 1. The van der Waals surface area contributed by atoms with Crippen LogP contribution in [-0.4, -0.2) is 31.8 Å². The number of imidazole rings is 1. The van der Waals surface area contributed by atoms with E-state index in [0.29, 0.717) is 31.8 Å². The molecule has 0 radical (unpaired) electrons. The van der Waals surface area contributed by atoms with Crippen molar-refractivity contribution in [2.75, 3.05) is 6.54 Å². The van der Waals surface area contributed by atoms with E-state index in [2.05, 4.69) is 15.4 Å². The minimum Gasteiger partial charge on any atom is -0.350 e. The molecule has 2 aromatic heterocycles. The Balaban J connectivity index is 1.61. The summed E-state index contributed by atoms with van der Waals surface area (Å²) in [4.78, 5) is 27.0. The van der Waals surface area contributed by atoms with Crippen molar-refractivity contribution >= 4 is 5.91 Å². The van der Waals surface area contributed by atoms with Crippen LogP contribution in [0.25, 0.3) is 0 Å². The Morgan fingerprint density at radius 2 is 2.16 bits per heavy atom. The minimum atomic E-state index is -4.46. The smallest absolute Gasteiger partial charge is 0.350 e. The van der Waals surface area contributed by atoms with Crippen molar-refractivity contribution < 1.29 is 18.0 Å². The summed E-state index contributed by atoms with van der Waals surface area (Å²) in [5, 5.41) is 6.57. The Morgan fingerprint density at radius 1 is 1.40 bits per heavy atom. The van der Waals surface area contributed by atoms with Crippen LogP contribution in [0.2, 0.25) is 0 Å². The summed E-state index contributed by atoms with van der Waals surface area (Å²) in [6.07, 6.45) is -2.38. The molecule has 1 N–H and O–H groups in total. The van der Waals surface area contributed by atoms with Gasteiger partial charge in [-0.05, 0) is 18.4 Å². The standard InChI is InChI=1S/C15H16F3N5O2/c1-22-13(24)5-3-10(21-22)14(25)19-6-9-2-4-12-20-11(15(16,17)18)8-23(12)7-9/h3,5,8-9H,2,4,6-7H2,1H3,(H,19,25). The average Bonchev–Trinajstić information content (AvgIpc) is 2.98. The summed E-state index contributed by atoms with van der Waals surface area (Å²) in [5.74, 6) is -0.0168. The fraction of sp³-hybridized carbons (Fsp3) is 0.467. The van der Waals surface area contributed by atoms with Gasteiger partial charge in [0.15, 0.2) is 5.69 Å². The first kappa shape index (κ1) is 17.2. The summed E-state index contributed by atoms with van der Waals surface area (Å²) >= 11 is 0. The highest BCUT2D eigenvalue weighted by molar-refractivity contribution is 5.91. The Kier molecular flexibility index (Phi) is 4.36. The lowest BCUT2D eigenvalue weighted by Gasteiger charge is -2.23. The molecular formula is C15H16F3N5O2. The van der Waals surface area contributed by atoms with E-state index in [1.807, 2.05) is 0 Å². The van der Waals surface area contributed by atoms with Crippen molar-refractivity contribution in [3.8, 4) is 0 Å². The number of halogens is 3.